The molecule has 0 aromatic heterocycles. The van der Waals surface area contributed by atoms with E-state index < -0.39 is 30.1 Å². The minimum Gasteiger partial charge on any atom is -0.497 e. The highest BCUT2D eigenvalue weighted by atomic mass is 19.1. The number of esters is 1. The number of carbonyl (C=O) groups excluding carboxylic acids is 2. The molecule has 0 radical (unpaired) electrons. The van der Waals surface area contributed by atoms with Crippen LogP contribution in [0.2, 0.25) is 0 Å². The molecule has 5 nitrogen and oxygen atoms in total. The number of hydrogen-bond donors (Lipinski definition) is 1. The molecule has 0 heterocycles. The highest BCUT2D eigenvalue weighted by Crippen LogP contribution is 2.15. The highest BCUT2D eigenvalue weighted by molar-refractivity contribution is 5.95. The summed E-state index contributed by atoms with van der Waals surface area (Å²) >= 11 is 0. The Morgan fingerprint density at radius 3 is 2.61 bits per heavy atom. The molecule has 0 spiro atoms. The number of halogens is 2. The van der Waals surface area contributed by atoms with E-state index in [-0.39, 0.29) is 11.3 Å². The van der Waals surface area contributed by atoms with E-state index in [0.717, 1.165) is 12.1 Å². The van der Waals surface area contributed by atoms with E-state index in [1.807, 2.05) is 0 Å². The lowest BCUT2D eigenvalue weighted by molar-refractivity contribution is -0.119. The summed E-state index contributed by atoms with van der Waals surface area (Å²) in [5.41, 5.74) is 0.0129. The summed E-state index contributed by atoms with van der Waals surface area (Å²) < 4.78 is 35.9. The number of anilines is 1. The molecular formula is C16H13F2NO4. The van der Waals surface area contributed by atoms with Gasteiger partial charge in [0.25, 0.3) is 5.91 Å². The van der Waals surface area contributed by atoms with Crippen molar-refractivity contribution in [1.82, 2.24) is 0 Å². The van der Waals surface area contributed by atoms with Crippen LogP contribution in [-0.4, -0.2) is 25.6 Å². The van der Waals surface area contributed by atoms with Crippen molar-refractivity contribution in [3.63, 3.8) is 0 Å². The molecule has 2 aromatic rings. The van der Waals surface area contributed by atoms with Gasteiger partial charge < -0.3 is 14.8 Å². The minimum atomic E-state index is -0.919. The number of hydrogen-bond acceptors (Lipinski definition) is 4. The molecule has 0 unspecified atom stereocenters. The number of amides is 1. The molecule has 0 aliphatic carbocycles. The van der Waals surface area contributed by atoms with Gasteiger partial charge in [0, 0.05) is 6.07 Å². The Hall–Kier alpha value is -2.96. The fourth-order valence-corrected chi connectivity index (χ4v) is 1.74. The van der Waals surface area contributed by atoms with Crippen LogP contribution in [0.4, 0.5) is 14.5 Å². The highest BCUT2D eigenvalue weighted by Gasteiger charge is 2.12. The Morgan fingerprint density at radius 2 is 1.91 bits per heavy atom. The third kappa shape index (κ3) is 4.50. The number of nitrogens with one attached hydrogen (secondary N) is 1. The van der Waals surface area contributed by atoms with Crippen molar-refractivity contribution >= 4 is 17.6 Å². The summed E-state index contributed by atoms with van der Waals surface area (Å²) in [7, 11) is 1.45. The molecule has 0 aliphatic heterocycles. The van der Waals surface area contributed by atoms with Crippen LogP contribution < -0.4 is 10.1 Å². The van der Waals surface area contributed by atoms with Crippen molar-refractivity contribution in [2.45, 2.75) is 0 Å². The van der Waals surface area contributed by atoms with Gasteiger partial charge in [-0.3, -0.25) is 4.79 Å². The van der Waals surface area contributed by atoms with E-state index in [1.54, 1.807) is 12.1 Å². The van der Waals surface area contributed by atoms with Gasteiger partial charge in [0.05, 0.1) is 18.4 Å². The number of methoxy groups -OCH3 is 1. The van der Waals surface area contributed by atoms with Crippen molar-refractivity contribution in [2.75, 3.05) is 19.0 Å². The minimum absolute atomic E-state index is 0.200. The van der Waals surface area contributed by atoms with Gasteiger partial charge in [0.1, 0.15) is 17.4 Å². The van der Waals surface area contributed by atoms with Gasteiger partial charge in [0.2, 0.25) is 0 Å². The molecule has 0 aliphatic rings. The number of ether oxygens (including phenoxy) is 2. The first-order valence-corrected chi connectivity index (χ1v) is 6.55. The van der Waals surface area contributed by atoms with Gasteiger partial charge in [-0.05, 0) is 30.3 Å². The van der Waals surface area contributed by atoms with Crippen molar-refractivity contribution < 1.29 is 27.8 Å². The molecule has 2 aromatic carbocycles. The predicted octanol–water partition coefficient (Wildman–Crippen LogP) is 2.77. The largest absolute Gasteiger partial charge is 0.497 e. The monoisotopic (exact) mass is 321 g/mol. The van der Waals surface area contributed by atoms with E-state index in [2.05, 4.69) is 5.32 Å². The molecule has 120 valence electrons. The summed E-state index contributed by atoms with van der Waals surface area (Å²) in [6, 6.07) is 8.93. The standard InChI is InChI=1S/C16H13F2NO4/c1-22-12-4-2-3-10(7-12)16(21)23-9-15(20)19-14-6-5-11(17)8-13(14)18/h2-8H,9H2,1H3,(H,19,20). The first kappa shape index (κ1) is 16.4. The maximum Gasteiger partial charge on any atom is 0.338 e. The smallest absolute Gasteiger partial charge is 0.338 e. The van der Waals surface area contributed by atoms with Crippen molar-refractivity contribution in [2.24, 2.45) is 0 Å². The lowest BCUT2D eigenvalue weighted by atomic mass is 10.2. The maximum atomic E-state index is 13.4. The van der Waals surface area contributed by atoms with Crippen LogP contribution >= 0.6 is 0 Å². The van der Waals surface area contributed by atoms with Crippen LogP contribution in [-0.2, 0) is 9.53 Å². The second-order valence-corrected chi connectivity index (χ2v) is 4.48. The Bertz CT molecular complexity index is 734. The van der Waals surface area contributed by atoms with Gasteiger partial charge >= 0.3 is 5.97 Å². The predicted molar refractivity (Wildman–Crippen MR) is 78.3 cm³/mol. The maximum absolute atomic E-state index is 13.4. The van der Waals surface area contributed by atoms with Gasteiger partial charge in [-0.15, -0.1) is 0 Å². The zero-order chi connectivity index (χ0) is 16.8. The zero-order valence-corrected chi connectivity index (χ0v) is 12.1. The zero-order valence-electron chi connectivity index (χ0n) is 12.1. The van der Waals surface area contributed by atoms with Crippen LogP contribution in [0.3, 0.4) is 0 Å². The summed E-state index contributed by atoms with van der Waals surface area (Å²) in [5.74, 6) is -2.68. The molecule has 0 fully saturated rings. The fourth-order valence-electron chi connectivity index (χ4n) is 1.74. The number of benzene rings is 2. The molecule has 0 atom stereocenters. The molecule has 0 saturated heterocycles. The number of rotatable bonds is 5. The molecule has 7 heteroatoms. The molecular weight excluding hydrogens is 308 g/mol. The third-order valence-electron chi connectivity index (χ3n) is 2.85. The lowest BCUT2D eigenvalue weighted by Crippen LogP contribution is -2.21. The molecule has 0 saturated carbocycles. The van der Waals surface area contributed by atoms with E-state index in [1.165, 1.54) is 19.2 Å². The second-order valence-electron chi connectivity index (χ2n) is 4.48. The van der Waals surface area contributed by atoms with Crippen molar-refractivity contribution in [3.8, 4) is 5.75 Å². The normalized spacial score (nSPS) is 10.0. The summed E-state index contributed by atoms with van der Waals surface area (Å²) in [4.78, 5) is 23.4. The average molecular weight is 321 g/mol. The molecule has 1 N–H and O–H groups in total. The van der Waals surface area contributed by atoms with Crippen LogP contribution in [0, 0.1) is 11.6 Å². The second kappa shape index (κ2) is 7.35. The first-order valence-electron chi connectivity index (χ1n) is 6.55. The van der Waals surface area contributed by atoms with Crippen LogP contribution in [0.5, 0.6) is 5.75 Å². The Morgan fingerprint density at radius 1 is 1.13 bits per heavy atom. The average Bonchev–Trinajstić information content (AvgIpc) is 2.55. The summed E-state index contributed by atoms with van der Waals surface area (Å²) in [6.45, 7) is -0.604. The Labute approximate surface area is 130 Å². The molecule has 0 bridgehead atoms. The third-order valence-corrected chi connectivity index (χ3v) is 2.85. The summed E-state index contributed by atoms with van der Waals surface area (Å²) in [5, 5.41) is 2.18. The summed E-state index contributed by atoms with van der Waals surface area (Å²) in [6.07, 6.45) is 0. The van der Waals surface area contributed by atoms with E-state index in [0.29, 0.717) is 11.8 Å². The van der Waals surface area contributed by atoms with Gasteiger partial charge in [-0.1, -0.05) is 6.07 Å². The Kier molecular flexibility index (Phi) is 5.24. The molecule has 1 amide bonds. The number of carbonyl (C=O) groups is 2. The first-order chi connectivity index (χ1) is 11.0. The lowest BCUT2D eigenvalue weighted by Gasteiger charge is -2.08. The van der Waals surface area contributed by atoms with E-state index >= 15 is 0 Å². The van der Waals surface area contributed by atoms with Crippen LogP contribution in [0.1, 0.15) is 10.4 Å². The van der Waals surface area contributed by atoms with Crippen LogP contribution in [0.15, 0.2) is 42.5 Å². The topological polar surface area (TPSA) is 64.6 Å². The quantitative estimate of drug-likeness (QED) is 0.860. The molecule has 2 rings (SSSR count). The van der Waals surface area contributed by atoms with Gasteiger partial charge in [-0.25, -0.2) is 13.6 Å². The van der Waals surface area contributed by atoms with Crippen molar-refractivity contribution in [1.29, 1.82) is 0 Å². The van der Waals surface area contributed by atoms with Gasteiger partial charge in [-0.2, -0.15) is 0 Å². The fraction of sp³-hybridized carbons (Fsp3) is 0.125. The van der Waals surface area contributed by atoms with Crippen molar-refractivity contribution in [3.05, 3.63) is 59.7 Å². The Balaban J connectivity index is 1.92. The van der Waals surface area contributed by atoms with E-state index in [4.69, 9.17) is 9.47 Å². The van der Waals surface area contributed by atoms with Gasteiger partial charge in [0.15, 0.2) is 6.61 Å². The van der Waals surface area contributed by atoms with Crippen LogP contribution in [0.25, 0.3) is 0 Å². The van der Waals surface area contributed by atoms with E-state index in [9.17, 15) is 18.4 Å². The SMILES string of the molecule is COc1cccc(C(=O)OCC(=O)Nc2ccc(F)cc2F)c1. The molecule has 23 heavy (non-hydrogen) atoms.